The third-order valence-electron chi connectivity index (χ3n) is 6.18. The van der Waals surface area contributed by atoms with Crippen LogP contribution in [0.1, 0.15) is 32.8 Å². The van der Waals surface area contributed by atoms with Gasteiger partial charge >= 0.3 is 0 Å². The number of para-hydroxylation sites is 1. The molecule has 1 aliphatic rings. The first-order chi connectivity index (χ1) is 15.4. The fraction of sp³-hybridized carbons (Fsp3) is 0.385. The Morgan fingerprint density at radius 3 is 2.53 bits per heavy atom. The molecule has 168 valence electrons. The Morgan fingerprint density at radius 1 is 1.09 bits per heavy atom. The summed E-state index contributed by atoms with van der Waals surface area (Å²) in [5.74, 6) is 0.162. The zero-order valence-electron chi connectivity index (χ0n) is 19.0. The minimum Gasteiger partial charge on any atom is -0.371 e. The second-order valence-corrected chi connectivity index (χ2v) is 9.16. The molecule has 0 spiro atoms. The van der Waals surface area contributed by atoms with Gasteiger partial charge in [0.05, 0.1) is 0 Å². The molecule has 6 nitrogen and oxygen atoms in total. The smallest absolute Gasteiger partial charge is 0.247 e. The average molecular weight is 433 g/mol. The number of carbonyl (C=O) groups is 2. The molecule has 1 aromatic heterocycles. The minimum atomic E-state index is -0.664. The molecular weight excluding hydrogens is 400 g/mol. The van der Waals surface area contributed by atoms with Gasteiger partial charge in [-0.15, -0.1) is 0 Å². The third kappa shape index (κ3) is 4.96. The maximum Gasteiger partial charge on any atom is 0.247 e. The van der Waals surface area contributed by atoms with Crippen LogP contribution in [0.3, 0.4) is 0 Å². The topological polar surface area (TPSA) is 77.2 Å². The molecule has 32 heavy (non-hydrogen) atoms. The van der Waals surface area contributed by atoms with Crippen LogP contribution in [0.4, 0.5) is 11.4 Å². The summed E-state index contributed by atoms with van der Waals surface area (Å²) in [6, 6.07) is 15.3. The normalized spacial score (nSPS) is 17.0. The van der Waals surface area contributed by atoms with Gasteiger partial charge in [0.25, 0.3) is 0 Å². The predicted molar refractivity (Wildman–Crippen MR) is 130 cm³/mol. The molecule has 1 aliphatic heterocycles. The number of amides is 2. The summed E-state index contributed by atoms with van der Waals surface area (Å²) in [6.07, 6.45) is 3.54. The van der Waals surface area contributed by atoms with E-state index in [2.05, 4.69) is 39.6 Å². The number of rotatable bonds is 7. The highest BCUT2D eigenvalue weighted by Gasteiger charge is 2.24. The van der Waals surface area contributed by atoms with Gasteiger partial charge in [0.1, 0.15) is 6.04 Å². The molecular formula is C26H32N4O2. The predicted octanol–water partition coefficient (Wildman–Crippen LogP) is 4.34. The molecule has 3 aromatic rings. The van der Waals surface area contributed by atoms with Crippen molar-refractivity contribution >= 4 is 34.1 Å². The Hall–Kier alpha value is -3.28. The summed E-state index contributed by atoms with van der Waals surface area (Å²) >= 11 is 0. The number of hydrogen-bond donors (Lipinski definition) is 3. The van der Waals surface area contributed by atoms with Crippen LogP contribution < -0.4 is 15.5 Å². The van der Waals surface area contributed by atoms with Crippen LogP contribution in [0.15, 0.2) is 54.7 Å². The molecule has 1 saturated heterocycles. The number of hydrogen-bond acceptors (Lipinski definition) is 3. The zero-order valence-corrected chi connectivity index (χ0v) is 19.0. The number of benzene rings is 2. The summed E-state index contributed by atoms with van der Waals surface area (Å²) < 4.78 is 0. The minimum absolute atomic E-state index is 0.136. The van der Waals surface area contributed by atoms with Gasteiger partial charge in [0, 0.05) is 53.9 Å². The molecule has 6 heteroatoms. The molecule has 4 rings (SSSR count). The first kappa shape index (κ1) is 21.9. The Balaban J connectivity index is 1.49. The van der Waals surface area contributed by atoms with Crippen molar-refractivity contribution in [2.24, 2.45) is 11.8 Å². The number of aromatic nitrogens is 1. The summed E-state index contributed by atoms with van der Waals surface area (Å²) in [7, 11) is 0. The second-order valence-electron chi connectivity index (χ2n) is 9.16. The number of H-pyrrole nitrogens is 1. The molecule has 0 aliphatic carbocycles. The van der Waals surface area contributed by atoms with Crippen LogP contribution in [0.2, 0.25) is 0 Å². The molecule has 2 heterocycles. The summed E-state index contributed by atoms with van der Waals surface area (Å²) in [5, 5.41) is 6.98. The SMILES string of the molecule is CC1CCN(c2ccc(NC(=O)C(Cc3c[nH]c4ccccc34)NC(=O)C(C)C)cc2)C1. The number of nitrogens with zero attached hydrogens (tertiary/aromatic N) is 1. The highest BCUT2D eigenvalue weighted by Crippen LogP contribution is 2.25. The number of aromatic amines is 1. The molecule has 0 radical (unpaired) electrons. The van der Waals surface area contributed by atoms with Gasteiger partial charge < -0.3 is 20.5 Å². The summed E-state index contributed by atoms with van der Waals surface area (Å²) in [5.41, 5.74) is 3.93. The molecule has 2 atom stereocenters. The van der Waals surface area contributed by atoms with Crippen molar-refractivity contribution in [3.8, 4) is 0 Å². The van der Waals surface area contributed by atoms with E-state index < -0.39 is 6.04 Å². The van der Waals surface area contributed by atoms with Gasteiger partial charge in [-0.05, 0) is 48.2 Å². The molecule has 2 amide bonds. The lowest BCUT2D eigenvalue weighted by atomic mass is 10.0. The standard InChI is InChI=1S/C26H32N4O2/c1-17(2)25(31)29-24(14-19-15-27-23-7-5-4-6-22(19)23)26(32)28-20-8-10-21(11-9-20)30-13-12-18(3)16-30/h4-11,15,17-18,24,27H,12-14,16H2,1-3H3,(H,28,32)(H,29,31). The van der Waals surface area contributed by atoms with Crippen LogP contribution in [0.25, 0.3) is 10.9 Å². The van der Waals surface area contributed by atoms with Crippen LogP contribution in [0.5, 0.6) is 0 Å². The maximum atomic E-state index is 13.2. The number of carbonyl (C=O) groups excluding carboxylic acids is 2. The highest BCUT2D eigenvalue weighted by molar-refractivity contribution is 5.98. The van der Waals surface area contributed by atoms with E-state index in [0.29, 0.717) is 12.3 Å². The fourth-order valence-electron chi connectivity index (χ4n) is 4.22. The van der Waals surface area contributed by atoms with E-state index in [1.807, 2.05) is 56.4 Å². The average Bonchev–Trinajstić information content (AvgIpc) is 3.40. The van der Waals surface area contributed by atoms with Crippen LogP contribution in [-0.4, -0.2) is 35.9 Å². The van der Waals surface area contributed by atoms with Crippen molar-refractivity contribution in [3.63, 3.8) is 0 Å². The van der Waals surface area contributed by atoms with E-state index in [9.17, 15) is 9.59 Å². The number of anilines is 2. The largest absolute Gasteiger partial charge is 0.371 e. The Labute approximate surface area is 189 Å². The molecule has 0 bridgehead atoms. The Morgan fingerprint density at radius 2 is 1.84 bits per heavy atom. The zero-order chi connectivity index (χ0) is 22.7. The van der Waals surface area contributed by atoms with Crippen molar-refractivity contribution in [2.75, 3.05) is 23.3 Å². The lowest BCUT2D eigenvalue weighted by Crippen LogP contribution is -2.46. The quantitative estimate of drug-likeness (QED) is 0.520. The second kappa shape index (κ2) is 9.47. The first-order valence-electron chi connectivity index (χ1n) is 11.4. The summed E-state index contributed by atoms with van der Waals surface area (Å²) in [6.45, 7) is 8.07. The number of fused-ring (bicyclic) bond motifs is 1. The molecule has 3 N–H and O–H groups in total. The molecule has 0 saturated carbocycles. The Kier molecular flexibility index (Phi) is 6.49. The highest BCUT2D eigenvalue weighted by atomic mass is 16.2. The van der Waals surface area contributed by atoms with Crippen molar-refractivity contribution in [1.82, 2.24) is 10.3 Å². The van der Waals surface area contributed by atoms with E-state index in [0.717, 1.165) is 35.2 Å². The van der Waals surface area contributed by atoms with Crippen LogP contribution >= 0.6 is 0 Å². The van der Waals surface area contributed by atoms with Gasteiger partial charge in [-0.3, -0.25) is 9.59 Å². The van der Waals surface area contributed by atoms with Crippen LogP contribution in [-0.2, 0) is 16.0 Å². The lowest BCUT2D eigenvalue weighted by Gasteiger charge is -2.21. The fourth-order valence-corrected chi connectivity index (χ4v) is 4.22. The van der Waals surface area contributed by atoms with Gasteiger partial charge in [-0.25, -0.2) is 0 Å². The van der Waals surface area contributed by atoms with Gasteiger partial charge in [0.2, 0.25) is 11.8 Å². The maximum absolute atomic E-state index is 13.2. The monoisotopic (exact) mass is 432 g/mol. The van der Waals surface area contributed by atoms with E-state index in [1.165, 1.54) is 12.1 Å². The van der Waals surface area contributed by atoms with Gasteiger partial charge in [0.15, 0.2) is 0 Å². The Bertz CT molecular complexity index is 1090. The first-order valence-corrected chi connectivity index (χ1v) is 11.4. The lowest BCUT2D eigenvalue weighted by molar-refractivity contribution is -0.128. The third-order valence-corrected chi connectivity index (χ3v) is 6.18. The van der Waals surface area contributed by atoms with E-state index in [1.54, 1.807) is 0 Å². The van der Waals surface area contributed by atoms with Crippen molar-refractivity contribution in [2.45, 2.75) is 39.7 Å². The van der Waals surface area contributed by atoms with E-state index in [4.69, 9.17) is 0 Å². The van der Waals surface area contributed by atoms with Crippen molar-refractivity contribution < 1.29 is 9.59 Å². The summed E-state index contributed by atoms with van der Waals surface area (Å²) in [4.78, 5) is 31.2. The molecule has 2 unspecified atom stereocenters. The molecule has 2 aromatic carbocycles. The van der Waals surface area contributed by atoms with E-state index >= 15 is 0 Å². The van der Waals surface area contributed by atoms with Crippen molar-refractivity contribution in [3.05, 3.63) is 60.3 Å². The van der Waals surface area contributed by atoms with Gasteiger partial charge in [-0.1, -0.05) is 39.0 Å². The van der Waals surface area contributed by atoms with Gasteiger partial charge in [-0.2, -0.15) is 0 Å². The van der Waals surface area contributed by atoms with Crippen molar-refractivity contribution in [1.29, 1.82) is 0 Å². The van der Waals surface area contributed by atoms with Crippen LogP contribution in [0, 0.1) is 11.8 Å². The molecule has 1 fully saturated rings. The number of nitrogens with one attached hydrogen (secondary N) is 3. The van der Waals surface area contributed by atoms with E-state index in [-0.39, 0.29) is 17.7 Å².